The molecule has 0 radical (unpaired) electrons. The molecule has 118 valence electrons. The first-order valence-corrected chi connectivity index (χ1v) is 6.85. The Bertz CT molecular complexity index is 951. The van der Waals surface area contributed by atoms with Gasteiger partial charge in [-0.05, 0) is 41.1 Å². The fourth-order valence-corrected chi connectivity index (χ4v) is 2.01. The van der Waals surface area contributed by atoms with E-state index in [1.807, 2.05) is 6.92 Å². The number of rotatable bonds is 4. The summed E-state index contributed by atoms with van der Waals surface area (Å²) >= 11 is 0. The molecule has 2 heterocycles. The van der Waals surface area contributed by atoms with Crippen LogP contribution in [0.5, 0.6) is 5.75 Å². The van der Waals surface area contributed by atoms with Crippen LogP contribution in [0.3, 0.4) is 0 Å². The van der Waals surface area contributed by atoms with Crippen LogP contribution in [0.25, 0.3) is 5.82 Å². The van der Waals surface area contributed by atoms with E-state index in [2.05, 4.69) is 25.8 Å². The Morgan fingerprint density at radius 3 is 2.78 bits per heavy atom. The highest BCUT2D eigenvalue weighted by molar-refractivity contribution is 5.35. The van der Waals surface area contributed by atoms with Crippen molar-refractivity contribution >= 4 is 0 Å². The van der Waals surface area contributed by atoms with Crippen molar-refractivity contribution in [2.45, 2.75) is 20.5 Å². The molecular formula is C14H15N7O2. The van der Waals surface area contributed by atoms with Gasteiger partial charge in [0.1, 0.15) is 12.4 Å². The third-order valence-electron chi connectivity index (χ3n) is 3.35. The van der Waals surface area contributed by atoms with Crippen molar-refractivity contribution < 1.29 is 6.11 Å². The zero-order valence-electron chi connectivity index (χ0n) is 13.9. The van der Waals surface area contributed by atoms with Crippen molar-refractivity contribution in [1.29, 1.82) is 0 Å². The number of aryl methyl sites for hydroxylation is 3. The number of hydrogen-bond donors (Lipinski definition) is 0. The predicted molar refractivity (Wildman–Crippen MR) is 80.2 cm³/mol. The molecule has 2 aromatic heterocycles. The Balaban J connectivity index is 1.96. The Hall–Kier alpha value is -3.10. The molecule has 1 aromatic carbocycles. The van der Waals surface area contributed by atoms with Crippen LogP contribution in [0.2, 0.25) is 0 Å². The normalized spacial score (nSPS) is 11.3. The first-order valence-electron chi connectivity index (χ1n) is 7.35. The molecule has 0 amide bonds. The van der Waals surface area contributed by atoms with Gasteiger partial charge >= 0.3 is 5.69 Å². The van der Waals surface area contributed by atoms with Gasteiger partial charge in [0.15, 0.2) is 5.82 Å². The summed E-state index contributed by atoms with van der Waals surface area (Å²) in [7, 11) is 1.50. The van der Waals surface area contributed by atoms with E-state index in [-0.39, 0.29) is 12.4 Å². The van der Waals surface area contributed by atoms with Crippen LogP contribution in [0, 0.1) is 13.8 Å². The molecule has 3 rings (SSSR count). The average molecular weight is 315 g/mol. The number of benzene rings is 1. The Morgan fingerprint density at radius 2 is 2.09 bits per heavy atom. The molecule has 0 saturated carbocycles. The van der Waals surface area contributed by atoms with Crippen molar-refractivity contribution in [3.63, 3.8) is 0 Å². The molecule has 0 aliphatic rings. The maximum Gasteiger partial charge on any atom is 0.369 e. The molecule has 0 spiro atoms. The van der Waals surface area contributed by atoms with E-state index in [1.165, 1.54) is 7.05 Å². The van der Waals surface area contributed by atoms with Gasteiger partial charge in [0.05, 0.1) is 12.6 Å². The van der Waals surface area contributed by atoms with Gasteiger partial charge in [-0.1, -0.05) is 18.2 Å². The third-order valence-corrected chi connectivity index (χ3v) is 3.35. The molecule has 0 aliphatic heterocycles. The van der Waals surface area contributed by atoms with Crippen LogP contribution in [-0.4, -0.2) is 35.2 Å². The quantitative estimate of drug-likeness (QED) is 0.684. The highest BCUT2D eigenvalue weighted by Crippen LogP contribution is 2.20. The standard InChI is InChI=1S/C14H15N7O2/c1-9-6-4-5-7-12(9)23-8-11-10(2)15-17-16-13(11)21-14(22)20(3)18-19-21/h4-7H,8H2,1-3H3/i4T. The van der Waals surface area contributed by atoms with E-state index in [0.717, 1.165) is 14.9 Å². The van der Waals surface area contributed by atoms with Gasteiger partial charge < -0.3 is 4.74 Å². The molecule has 3 aromatic rings. The number of aromatic nitrogens is 7. The minimum absolute atomic E-state index is 0.130. The minimum atomic E-state index is -0.439. The molecule has 0 N–H and O–H groups in total. The van der Waals surface area contributed by atoms with Crippen molar-refractivity contribution in [2.75, 3.05) is 0 Å². The number of hydrogen-bond acceptors (Lipinski definition) is 7. The fraction of sp³-hybridized carbons (Fsp3) is 0.286. The molecule has 9 heteroatoms. The van der Waals surface area contributed by atoms with Gasteiger partial charge in [-0.3, -0.25) is 0 Å². The lowest BCUT2D eigenvalue weighted by atomic mass is 10.2. The van der Waals surface area contributed by atoms with Crippen molar-refractivity contribution in [2.24, 2.45) is 7.05 Å². The summed E-state index contributed by atoms with van der Waals surface area (Å²) in [6, 6.07) is 5.49. The lowest BCUT2D eigenvalue weighted by Gasteiger charge is -2.11. The largest absolute Gasteiger partial charge is 0.488 e. The van der Waals surface area contributed by atoms with Crippen LogP contribution < -0.4 is 10.4 Å². The summed E-state index contributed by atoms with van der Waals surface area (Å²) in [5, 5.41) is 18.9. The Kier molecular flexibility index (Phi) is 3.51. The number of tetrazole rings is 1. The molecule has 0 aliphatic carbocycles. The molecule has 9 nitrogen and oxygen atoms in total. The second kappa shape index (κ2) is 5.95. The SMILES string of the molecule is [3H]c1ccc(OCc2c(C)nnnc2-n2nnn(C)c2=O)c(C)c1. The zero-order chi connectivity index (χ0) is 17.3. The average Bonchev–Trinajstić information content (AvgIpc) is 2.87. The van der Waals surface area contributed by atoms with E-state index < -0.39 is 5.69 Å². The van der Waals surface area contributed by atoms with E-state index >= 15 is 0 Å². The van der Waals surface area contributed by atoms with Crippen LogP contribution >= 0.6 is 0 Å². The van der Waals surface area contributed by atoms with Crippen molar-refractivity contribution in [1.82, 2.24) is 35.2 Å². The summed E-state index contributed by atoms with van der Waals surface area (Å²) < 4.78 is 15.6. The molecule has 0 saturated heterocycles. The van der Waals surface area contributed by atoms with E-state index in [0.29, 0.717) is 23.0 Å². The lowest BCUT2D eigenvalue weighted by Crippen LogP contribution is -2.25. The van der Waals surface area contributed by atoms with Gasteiger partial charge in [-0.15, -0.1) is 14.9 Å². The van der Waals surface area contributed by atoms with E-state index in [9.17, 15) is 4.79 Å². The molecule has 0 fully saturated rings. The highest BCUT2D eigenvalue weighted by Gasteiger charge is 2.17. The van der Waals surface area contributed by atoms with Gasteiger partial charge in [0, 0.05) is 7.05 Å². The first kappa shape index (κ1) is 13.6. The second-order valence-corrected chi connectivity index (χ2v) is 4.95. The molecule has 0 unspecified atom stereocenters. The highest BCUT2D eigenvalue weighted by atomic mass is 16.5. The summed E-state index contributed by atoms with van der Waals surface area (Å²) in [6.45, 7) is 3.74. The maximum atomic E-state index is 12.0. The number of nitrogens with zero attached hydrogens (tertiary/aromatic N) is 7. The van der Waals surface area contributed by atoms with Gasteiger partial charge in [-0.2, -0.15) is 4.68 Å². The minimum Gasteiger partial charge on any atom is -0.488 e. The number of para-hydroxylation sites is 1. The number of ether oxygens (including phenoxy) is 1. The van der Waals surface area contributed by atoms with Crippen molar-refractivity contribution in [3.05, 3.63) is 51.5 Å². The maximum absolute atomic E-state index is 12.0. The molecule has 0 bridgehead atoms. The van der Waals surface area contributed by atoms with Gasteiger partial charge in [0.2, 0.25) is 0 Å². The predicted octanol–water partition coefficient (Wildman–Crippen LogP) is 0.347. The van der Waals surface area contributed by atoms with E-state index in [4.69, 9.17) is 6.11 Å². The van der Waals surface area contributed by atoms with E-state index in [1.54, 1.807) is 25.1 Å². The monoisotopic (exact) mass is 315 g/mol. The Labute approximate surface area is 132 Å². The van der Waals surface area contributed by atoms with Crippen LogP contribution in [0.15, 0.2) is 29.0 Å². The fourth-order valence-electron chi connectivity index (χ4n) is 2.01. The summed E-state index contributed by atoms with van der Waals surface area (Å²) in [6.07, 6.45) is 0. The smallest absolute Gasteiger partial charge is 0.369 e. The van der Waals surface area contributed by atoms with Crippen LogP contribution in [0.4, 0.5) is 0 Å². The van der Waals surface area contributed by atoms with Gasteiger partial charge in [-0.25, -0.2) is 4.79 Å². The molecule has 23 heavy (non-hydrogen) atoms. The van der Waals surface area contributed by atoms with Crippen LogP contribution in [0.1, 0.15) is 18.2 Å². The Morgan fingerprint density at radius 1 is 1.26 bits per heavy atom. The summed E-state index contributed by atoms with van der Waals surface area (Å²) in [4.78, 5) is 12.0. The second-order valence-electron chi connectivity index (χ2n) is 4.95. The summed E-state index contributed by atoms with van der Waals surface area (Å²) in [5.41, 5.74) is 1.56. The molecule has 0 atom stereocenters. The van der Waals surface area contributed by atoms with Gasteiger partial charge in [0.25, 0.3) is 0 Å². The molecular weight excluding hydrogens is 298 g/mol. The zero-order valence-corrected chi connectivity index (χ0v) is 12.9. The third kappa shape index (κ3) is 2.80. The lowest BCUT2D eigenvalue weighted by molar-refractivity contribution is 0.300. The topological polar surface area (TPSA) is 101 Å². The summed E-state index contributed by atoms with van der Waals surface area (Å²) in [5.74, 6) is 0.870. The first-order chi connectivity index (χ1) is 11.5. The van der Waals surface area contributed by atoms with Crippen molar-refractivity contribution in [3.8, 4) is 11.6 Å². The van der Waals surface area contributed by atoms with Crippen LogP contribution in [-0.2, 0) is 13.7 Å².